The predicted octanol–water partition coefficient (Wildman–Crippen LogP) is 4.08. The molecule has 23 heavy (non-hydrogen) atoms. The van der Waals surface area contributed by atoms with Gasteiger partial charge in [-0.15, -0.1) is 23.8 Å². The van der Waals surface area contributed by atoms with E-state index in [9.17, 15) is 17.6 Å². The van der Waals surface area contributed by atoms with Crippen LogP contribution in [-0.4, -0.2) is 20.9 Å². The molecule has 2 aromatic rings. The number of rotatable bonds is 1. The molecule has 127 valence electrons. The minimum absolute atomic E-state index is 0. The van der Waals surface area contributed by atoms with E-state index in [4.69, 9.17) is 9.90 Å². The van der Waals surface area contributed by atoms with E-state index in [1.807, 2.05) is 0 Å². The maximum atomic E-state index is 13.1. The van der Waals surface area contributed by atoms with Crippen molar-refractivity contribution >= 4 is 5.97 Å². The Kier molecular flexibility index (Phi) is 8.06. The van der Waals surface area contributed by atoms with E-state index in [-0.39, 0.29) is 25.7 Å². The maximum Gasteiger partial charge on any atom is 0.477 e. The van der Waals surface area contributed by atoms with E-state index in [1.165, 1.54) is 13.1 Å². The Bertz CT molecular complexity index is 671. The Morgan fingerprint density at radius 1 is 1.35 bits per heavy atom. The maximum absolute atomic E-state index is 13.1. The van der Waals surface area contributed by atoms with Gasteiger partial charge in [0.05, 0.1) is 6.92 Å². The molecule has 0 bridgehead atoms. The molecule has 0 aliphatic rings. The smallest absolute Gasteiger partial charge is 0.339 e. The molecule has 2 N–H and O–H groups in total. The van der Waals surface area contributed by atoms with Crippen LogP contribution in [0.4, 0.5) is 17.6 Å². The van der Waals surface area contributed by atoms with Crippen LogP contribution in [0.1, 0.15) is 18.1 Å². The topological polar surface area (TPSA) is 54.5 Å². The van der Waals surface area contributed by atoms with Crippen molar-refractivity contribution in [1.29, 1.82) is 0 Å². The van der Waals surface area contributed by atoms with Crippen LogP contribution < -0.4 is 0 Å². The number of nitrogens with zero attached hydrogens (tertiary/aromatic N) is 1. The quantitative estimate of drug-likeness (QED) is 0.360. The standard InChI is InChI=1S/C13H8F4N.C2H4O2.Ir/c1-8-3-2-6-18-12(8)9-4-5-11(14)10(7-9)13(15,16)17;1-2(3)4;/h2-3,5-7H,1H3;1H3,(H,3,4);/q-1;;/p+1. The van der Waals surface area contributed by atoms with Crippen LogP contribution in [0.25, 0.3) is 11.3 Å². The zero-order valence-corrected chi connectivity index (χ0v) is 14.5. The average molecular weight is 507 g/mol. The first-order valence-electron chi connectivity index (χ1n) is 6.04. The largest absolute Gasteiger partial charge is 0.477 e. The minimum atomic E-state index is -4.73. The molecule has 0 spiro atoms. The molecule has 8 heteroatoms. The van der Waals surface area contributed by atoms with E-state index in [2.05, 4.69) is 11.1 Å². The molecule has 1 aromatic carbocycles. The summed E-state index contributed by atoms with van der Waals surface area (Å²) in [5, 5.41) is 7.53. The summed E-state index contributed by atoms with van der Waals surface area (Å²) in [6.45, 7) is 2.91. The molecular weight excluding hydrogens is 494 g/mol. The van der Waals surface area contributed by atoms with Crippen LogP contribution in [-0.2, 0) is 26.3 Å². The van der Waals surface area contributed by atoms with Gasteiger partial charge in [0.25, 0.3) is 0 Å². The fourth-order valence-corrected chi connectivity index (χ4v) is 1.60. The van der Waals surface area contributed by atoms with Crippen LogP contribution in [0.2, 0.25) is 0 Å². The van der Waals surface area contributed by atoms with Gasteiger partial charge in [0.1, 0.15) is 0 Å². The van der Waals surface area contributed by atoms with Crippen LogP contribution in [0.3, 0.4) is 0 Å². The molecule has 2 rings (SSSR count). The van der Waals surface area contributed by atoms with Gasteiger partial charge in [-0.2, -0.15) is 13.2 Å². The molecule has 1 aromatic heterocycles. The first kappa shape index (κ1) is 21.2. The number of alkyl halides is 3. The second-order valence-electron chi connectivity index (χ2n) is 4.32. The Hall–Kier alpha value is -1.79. The molecule has 0 amide bonds. The van der Waals surface area contributed by atoms with Crippen LogP contribution >= 0.6 is 0 Å². The summed E-state index contributed by atoms with van der Waals surface area (Å²) < 4.78 is 50.8. The van der Waals surface area contributed by atoms with Gasteiger partial charge in [0.2, 0.25) is 0 Å². The number of aryl methyl sites for hydroxylation is 1. The van der Waals surface area contributed by atoms with Gasteiger partial charge in [0.15, 0.2) is 0 Å². The summed E-state index contributed by atoms with van der Waals surface area (Å²) in [7, 11) is 0. The summed E-state index contributed by atoms with van der Waals surface area (Å²) in [6.07, 6.45) is -3.26. The zero-order chi connectivity index (χ0) is 16.9. The molecule has 0 saturated heterocycles. The van der Waals surface area contributed by atoms with Crippen molar-refractivity contribution in [2.45, 2.75) is 20.0 Å². The first-order valence-corrected chi connectivity index (χ1v) is 6.04. The van der Waals surface area contributed by atoms with Gasteiger partial charge in [-0.05, 0) is 18.7 Å². The molecule has 0 fully saturated rings. The van der Waals surface area contributed by atoms with E-state index in [1.54, 1.807) is 19.1 Å². The number of aliphatic hydroxyl groups excluding tert-OH is 1. The third-order valence-corrected chi connectivity index (χ3v) is 2.47. The Labute approximate surface area is 143 Å². The number of hydrogen-bond donors (Lipinski definition) is 1. The van der Waals surface area contributed by atoms with Crippen molar-refractivity contribution in [1.82, 2.24) is 4.98 Å². The monoisotopic (exact) mass is 508 g/mol. The number of carboxylic acids is 1. The van der Waals surface area contributed by atoms with Crippen molar-refractivity contribution in [2.24, 2.45) is 0 Å². The predicted molar refractivity (Wildman–Crippen MR) is 73.5 cm³/mol. The van der Waals surface area contributed by atoms with Gasteiger partial charge >= 0.3 is 12.1 Å². The van der Waals surface area contributed by atoms with Crippen molar-refractivity contribution in [3.8, 4) is 11.3 Å². The first-order chi connectivity index (χ1) is 10.1. The molecule has 0 aliphatic carbocycles. The summed E-state index contributed by atoms with van der Waals surface area (Å²) in [5.74, 6) is -1.92. The second kappa shape index (κ2) is 8.74. The van der Waals surface area contributed by atoms with Crippen LogP contribution in [0, 0.1) is 18.8 Å². The molecule has 1 radical (unpaired) electrons. The van der Waals surface area contributed by atoms with Crippen LogP contribution in [0.15, 0.2) is 30.5 Å². The summed E-state index contributed by atoms with van der Waals surface area (Å²) in [6, 6.07) is 7.27. The van der Waals surface area contributed by atoms with Gasteiger partial charge < -0.3 is 14.9 Å². The van der Waals surface area contributed by atoms with E-state index >= 15 is 0 Å². The molecule has 0 atom stereocenters. The van der Waals surface area contributed by atoms with Crippen molar-refractivity contribution in [3.63, 3.8) is 0 Å². The SMILES string of the molecule is CC(O)=[OH+].Cc1cccnc1-c1[c-]cc(F)c(C(F)(F)F)c1.[Ir]. The van der Waals surface area contributed by atoms with Crippen LogP contribution in [0.5, 0.6) is 0 Å². The minimum Gasteiger partial charge on any atom is -0.339 e. The second-order valence-corrected chi connectivity index (χ2v) is 4.32. The van der Waals surface area contributed by atoms with Crippen molar-refractivity contribution < 1.29 is 47.6 Å². The van der Waals surface area contributed by atoms with Gasteiger partial charge in [0, 0.05) is 37.7 Å². The number of hydrogen-bond acceptors (Lipinski definition) is 1. The van der Waals surface area contributed by atoms with Crippen molar-refractivity contribution in [3.05, 3.63) is 53.5 Å². The number of pyridine rings is 1. The molecule has 0 unspecified atom stereocenters. The molecule has 0 saturated carbocycles. The Morgan fingerprint density at radius 2 is 1.91 bits per heavy atom. The number of carboxylic acid groups (broad SMARTS) is 1. The Balaban J connectivity index is 0.000000871. The molecular formula is C15H13F4IrNO2. The number of aliphatic carboxylic acids is 1. The zero-order valence-electron chi connectivity index (χ0n) is 12.1. The molecule has 0 aliphatic heterocycles. The number of halogens is 4. The van der Waals surface area contributed by atoms with Gasteiger partial charge in [-0.1, -0.05) is 11.6 Å². The van der Waals surface area contributed by atoms with Gasteiger partial charge in [-0.25, -0.2) is 0 Å². The van der Waals surface area contributed by atoms with E-state index in [0.29, 0.717) is 17.3 Å². The molecule has 3 nitrogen and oxygen atoms in total. The fraction of sp³-hybridized carbons (Fsp3) is 0.200. The van der Waals surface area contributed by atoms with Crippen molar-refractivity contribution in [2.75, 3.05) is 0 Å². The number of aromatic nitrogens is 1. The normalized spacial score (nSPS) is 10.2. The van der Waals surface area contributed by atoms with E-state index in [0.717, 1.165) is 6.07 Å². The average Bonchev–Trinajstić information content (AvgIpc) is 2.38. The summed E-state index contributed by atoms with van der Waals surface area (Å²) in [4.78, 5) is 11.5. The third kappa shape index (κ3) is 6.46. The summed E-state index contributed by atoms with van der Waals surface area (Å²) in [5.41, 5.74) is -0.111. The fourth-order valence-electron chi connectivity index (χ4n) is 1.60. The third-order valence-electron chi connectivity index (χ3n) is 2.47. The Morgan fingerprint density at radius 3 is 2.39 bits per heavy atom. The van der Waals surface area contributed by atoms with E-state index < -0.39 is 23.5 Å². The van der Waals surface area contributed by atoms with Gasteiger partial charge in [-0.3, -0.25) is 4.39 Å². The summed E-state index contributed by atoms with van der Waals surface area (Å²) >= 11 is 0. The molecule has 1 heterocycles. The number of benzene rings is 1.